The van der Waals surface area contributed by atoms with Gasteiger partial charge in [-0.3, -0.25) is 10.4 Å². The van der Waals surface area contributed by atoms with Crippen LogP contribution in [0.4, 0.5) is 5.82 Å². The molecule has 0 unspecified atom stereocenters. The fourth-order valence-electron chi connectivity index (χ4n) is 4.33. The Bertz CT molecular complexity index is 882. The van der Waals surface area contributed by atoms with Crippen LogP contribution in [-0.4, -0.2) is 51.9 Å². The van der Waals surface area contributed by atoms with Gasteiger partial charge in [0.25, 0.3) is 0 Å². The molecule has 7 heteroatoms. The summed E-state index contributed by atoms with van der Waals surface area (Å²) in [5.41, 5.74) is 6.77. The number of nitrogens with one attached hydrogen (secondary N) is 1. The van der Waals surface area contributed by atoms with E-state index in [2.05, 4.69) is 42.4 Å². The molecule has 1 spiro atoms. The molecule has 1 N–H and O–H groups in total. The summed E-state index contributed by atoms with van der Waals surface area (Å²) in [5, 5.41) is 5.30. The van der Waals surface area contributed by atoms with Gasteiger partial charge in [0.05, 0.1) is 11.4 Å². The predicted molar refractivity (Wildman–Crippen MR) is 110 cm³/mol. The van der Waals surface area contributed by atoms with Gasteiger partial charge in [-0.2, -0.15) is 5.10 Å². The third-order valence-corrected chi connectivity index (χ3v) is 6.03. The van der Waals surface area contributed by atoms with E-state index in [4.69, 9.17) is 12.2 Å². The molecule has 0 bridgehead atoms. The minimum Gasteiger partial charge on any atom is -0.355 e. The number of nitrogens with zero attached hydrogens (tertiary/aromatic N) is 5. The largest absolute Gasteiger partial charge is 0.355 e. The van der Waals surface area contributed by atoms with E-state index in [-0.39, 0.29) is 0 Å². The van der Waals surface area contributed by atoms with Crippen LogP contribution in [-0.2, 0) is 6.42 Å². The summed E-state index contributed by atoms with van der Waals surface area (Å²) in [6.07, 6.45) is 6.82. The quantitative estimate of drug-likeness (QED) is 0.639. The summed E-state index contributed by atoms with van der Waals surface area (Å²) in [4.78, 5) is 13.5. The highest BCUT2D eigenvalue weighted by molar-refractivity contribution is 7.80. The van der Waals surface area contributed by atoms with E-state index in [9.17, 15) is 0 Å². The number of thiocarbonyl (C=S) groups is 1. The van der Waals surface area contributed by atoms with E-state index in [1.807, 2.05) is 30.6 Å². The first-order chi connectivity index (χ1) is 13.2. The Labute approximate surface area is 164 Å². The second-order valence-electron chi connectivity index (χ2n) is 7.74. The van der Waals surface area contributed by atoms with Crippen molar-refractivity contribution in [1.82, 2.24) is 20.3 Å². The van der Waals surface area contributed by atoms with Crippen LogP contribution < -0.4 is 10.3 Å². The Morgan fingerprint density at radius 1 is 1.04 bits per heavy atom. The standard InChI is InChI=1S/C20H22N6S/c27-19(24-23-16-7-3-5-15-6-4-10-22-18(15)16)26-13-20(14-26)11-25(12-20)17-8-1-2-9-21-17/h1-2,4,6,8-10H,3,5,7,11-14H2,(H,24,27)/b23-16+. The molecule has 2 aliphatic heterocycles. The van der Waals surface area contributed by atoms with E-state index < -0.39 is 0 Å². The SMILES string of the molecule is S=C(N/N=C1\CCCc2cccnc21)N1CC2(C1)CN(c1ccccn1)C2. The highest BCUT2D eigenvalue weighted by Gasteiger charge is 2.52. The van der Waals surface area contributed by atoms with E-state index in [1.165, 1.54) is 5.56 Å². The monoisotopic (exact) mass is 378 g/mol. The van der Waals surface area contributed by atoms with Crippen molar-refractivity contribution in [2.24, 2.45) is 10.5 Å². The Kier molecular flexibility index (Phi) is 4.04. The van der Waals surface area contributed by atoms with Gasteiger partial charge in [0.1, 0.15) is 5.82 Å². The fourth-order valence-corrected chi connectivity index (χ4v) is 4.51. The first kappa shape index (κ1) is 16.6. The van der Waals surface area contributed by atoms with Gasteiger partial charge in [-0.05, 0) is 55.2 Å². The van der Waals surface area contributed by atoms with E-state index in [0.717, 1.165) is 62.7 Å². The molecule has 2 aromatic rings. The third-order valence-electron chi connectivity index (χ3n) is 5.68. The van der Waals surface area contributed by atoms with E-state index in [1.54, 1.807) is 0 Å². The van der Waals surface area contributed by atoms with Crippen LogP contribution in [0.1, 0.15) is 24.1 Å². The highest BCUT2D eigenvalue weighted by Crippen LogP contribution is 2.41. The summed E-state index contributed by atoms with van der Waals surface area (Å²) < 4.78 is 0. The van der Waals surface area contributed by atoms with Crippen molar-refractivity contribution >= 4 is 28.9 Å². The van der Waals surface area contributed by atoms with Crippen molar-refractivity contribution in [3.05, 3.63) is 54.0 Å². The predicted octanol–water partition coefficient (Wildman–Crippen LogP) is 2.21. The van der Waals surface area contributed by atoms with Crippen LogP contribution in [0.5, 0.6) is 0 Å². The summed E-state index contributed by atoms with van der Waals surface area (Å²) in [6, 6.07) is 10.2. The average molecular weight is 379 g/mol. The number of anilines is 1. The molecule has 2 aromatic heterocycles. The molecule has 0 radical (unpaired) electrons. The molecule has 5 rings (SSSR count). The van der Waals surface area contributed by atoms with Crippen LogP contribution in [0, 0.1) is 5.41 Å². The Hall–Kier alpha value is -2.54. The van der Waals surface area contributed by atoms with Gasteiger partial charge in [0.15, 0.2) is 5.11 Å². The number of fused-ring (bicyclic) bond motifs is 1. The second-order valence-corrected chi connectivity index (χ2v) is 8.13. The maximum absolute atomic E-state index is 5.55. The number of hydrogen-bond donors (Lipinski definition) is 1. The zero-order chi connectivity index (χ0) is 18.3. The van der Waals surface area contributed by atoms with Crippen LogP contribution in [0.2, 0.25) is 0 Å². The van der Waals surface area contributed by atoms with Crippen molar-refractivity contribution in [2.75, 3.05) is 31.1 Å². The zero-order valence-corrected chi connectivity index (χ0v) is 16.0. The normalized spacial score (nSPS) is 21.4. The molecule has 27 heavy (non-hydrogen) atoms. The molecule has 2 fully saturated rings. The molecule has 6 nitrogen and oxygen atoms in total. The number of pyridine rings is 2. The van der Waals surface area contributed by atoms with Gasteiger partial charge in [-0.15, -0.1) is 0 Å². The smallest absolute Gasteiger partial charge is 0.189 e. The van der Waals surface area contributed by atoms with Crippen molar-refractivity contribution in [3.63, 3.8) is 0 Å². The van der Waals surface area contributed by atoms with Crippen molar-refractivity contribution in [3.8, 4) is 0 Å². The number of hydrazone groups is 1. The van der Waals surface area contributed by atoms with Crippen molar-refractivity contribution in [1.29, 1.82) is 0 Å². The lowest BCUT2D eigenvalue weighted by molar-refractivity contribution is 0.0283. The minimum atomic E-state index is 0.357. The Balaban J connectivity index is 1.16. The Morgan fingerprint density at radius 2 is 1.89 bits per heavy atom. The molecule has 0 aromatic carbocycles. The summed E-state index contributed by atoms with van der Waals surface area (Å²) in [6.45, 7) is 4.08. The van der Waals surface area contributed by atoms with Crippen molar-refractivity contribution < 1.29 is 0 Å². The number of aryl methyl sites for hydroxylation is 1. The number of aromatic nitrogens is 2. The number of likely N-dealkylation sites (tertiary alicyclic amines) is 1. The summed E-state index contributed by atoms with van der Waals surface area (Å²) in [7, 11) is 0. The minimum absolute atomic E-state index is 0.357. The third kappa shape index (κ3) is 3.06. The van der Waals surface area contributed by atoms with Crippen molar-refractivity contribution in [2.45, 2.75) is 19.3 Å². The first-order valence-electron chi connectivity index (χ1n) is 9.44. The van der Waals surface area contributed by atoms with E-state index in [0.29, 0.717) is 10.5 Å². The maximum atomic E-state index is 5.55. The molecule has 3 aliphatic rings. The Morgan fingerprint density at radius 3 is 2.70 bits per heavy atom. The van der Waals surface area contributed by atoms with Gasteiger partial charge in [-0.25, -0.2) is 4.98 Å². The average Bonchev–Trinajstić information content (AvgIpc) is 2.65. The molecular weight excluding hydrogens is 356 g/mol. The van der Waals surface area contributed by atoms with Gasteiger partial charge in [0.2, 0.25) is 0 Å². The van der Waals surface area contributed by atoms with Crippen LogP contribution in [0.3, 0.4) is 0 Å². The summed E-state index contributed by atoms with van der Waals surface area (Å²) >= 11 is 5.55. The molecular formula is C20H22N6S. The van der Waals surface area contributed by atoms with Gasteiger partial charge >= 0.3 is 0 Å². The first-order valence-corrected chi connectivity index (χ1v) is 9.85. The molecule has 4 heterocycles. The number of hydrogen-bond acceptors (Lipinski definition) is 5. The molecule has 0 saturated carbocycles. The zero-order valence-electron chi connectivity index (χ0n) is 15.1. The van der Waals surface area contributed by atoms with E-state index >= 15 is 0 Å². The topological polar surface area (TPSA) is 56.7 Å². The molecule has 0 atom stereocenters. The van der Waals surface area contributed by atoms with Gasteiger partial charge in [-0.1, -0.05) is 12.1 Å². The van der Waals surface area contributed by atoms with Crippen LogP contribution in [0.15, 0.2) is 47.8 Å². The lowest BCUT2D eigenvalue weighted by Crippen LogP contribution is -2.73. The number of rotatable bonds is 2. The molecule has 1 aliphatic carbocycles. The fraction of sp³-hybridized carbons (Fsp3) is 0.400. The van der Waals surface area contributed by atoms with Gasteiger partial charge < -0.3 is 9.80 Å². The lowest BCUT2D eigenvalue weighted by atomic mass is 9.73. The maximum Gasteiger partial charge on any atom is 0.189 e. The summed E-state index contributed by atoms with van der Waals surface area (Å²) in [5.74, 6) is 1.07. The second kappa shape index (κ2) is 6.56. The highest BCUT2D eigenvalue weighted by atomic mass is 32.1. The molecule has 138 valence electrons. The molecule has 2 saturated heterocycles. The van der Waals surface area contributed by atoms with Crippen LogP contribution in [0.25, 0.3) is 0 Å². The van der Waals surface area contributed by atoms with Crippen LogP contribution >= 0.6 is 12.2 Å². The van der Waals surface area contributed by atoms with Gasteiger partial charge in [0, 0.05) is 44.0 Å². The molecule has 0 amide bonds. The lowest BCUT2D eigenvalue weighted by Gasteiger charge is -2.60.